The van der Waals surface area contributed by atoms with Gasteiger partial charge in [-0.3, -0.25) is 0 Å². The quantitative estimate of drug-likeness (QED) is 0.786. The van der Waals surface area contributed by atoms with E-state index in [1.54, 1.807) is 6.07 Å². The van der Waals surface area contributed by atoms with E-state index in [0.717, 1.165) is 12.8 Å². The Kier molecular flexibility index (Phi) is 4.74. The summed E-state index contributed by atoms with van der Waals surface area (Å²) in [5.74, 6) is -0.347. The Morgan fingerprint density at radius 3 is 2.74 bits per heavy atom. The number of anilines is 1. The number of carbonyl (C=O) groups excluding carboxylic acids is 1. The van der Waals surface area contributed by atoms with E-state index in [0.29, 0.717) is 11.3 Å². The van der Waals surface area contributed by atoms with Gasteiger partial charge in [0.1, 0.15) is 5.82 Å². The first-order chi connectivity index (χ1) is 9.19. The van der Waals surface area contributed by atoms with Gasteiger partial charge in [0, 0.05) is 23.8 Å². The number of hydrogen-bond donors (Lipinski definition) is 3. The predicted octanol–water partition coefficient (Wildman–Crippen LogP) is 2.74. The number of urea groups is 1. The molecule has 0 aliphatic heterocycles. The van der Waals surface area contributed by atoms with Crippen molar-refractivity contribution in [1.29, 1.82) is 0 Å². The van der Waals surface area contributed by atoms with Gasteiger partial charge in [-0.25, -0.2) is 9.18 Å². The van der Waals surface area contributed by atoms with E-state index in [1.807, 2.05) is 0 Å². The summed E-state index contributed by atoms with van der Waals surface area (Å²) in [7, 11) is 0. The van der Waals surface area contributed by atoms with Crippen molar-refractivity contribution in [2.24, 2.45) is 5.73 Å². The fourth-order valence-electron chi connectivity index (χ4n) is 2.41. The zero-order chi connectivity index (χ0) is 13.7. The Morgan fingerprint density at radius 1 is 1.32 bits per heavy atom. The molecule has 1 saturated carbocycles. The van der Waals surface area contributed by atoms with Gasteiger partial charge >= 0.3 is 6.03 Å². The maximum Gasteiger partial charge on any atom is 0.319 e. The molecule has 0 saturated heterocycles. The lowest BCUT2D eigenvalue weighted by atomic mass is 9.96. The Labute approximate surface area is 112 Å². The van der Waals surface area contributed by atoms with E-state index in [-0.39, 0.29) is 24.4 Å². The fraction of sp³-hybridized carbons (Fsp3) is 0.500. The molecule has 104 valence electrons. The van der Waals surface area contributed by atoms with Crippen molar-refractivity contribution in [3.05, 3.63) is 29.6 Å². The molecule has 4 nitrogen and oxygen atoms in total. The van der Waals surface area contributed by atoms with E-state index in [9.17, 15) is 9.18 Å². The van der Waals surface area contributed by atoms with Crippen molar-refractivity contribution in [3.63, 3.8) is 0 Å². The molecule has 0 unspecified atom stereocenters. The van der Waals surface area contributed by atoms with Gasteiger partial charge in [0.25, 0.3) is 0 Å². The summed E-state index contributed by atoms with van der Waals surface area (Å²) in [6.07, 6.45) is 5.64. The van der Waals surface area contributed by atoms with Crippen LogP contribution in [0.25, 0.3) is 0 Å². The van der Waals surface area contributed by atoms with Crippen molar-refractivity contribution in [3.8, 4) is 0 Å². The number of halogens is 1. The van der Waals surface area contributed by atoms with Gasteiger partial charge in [-0.1, -0.05) is 19.3 Å². The third kappa shape index (κ3) is 3.92. The summed E-state index contributed by atoms with van der Waals surface area (Å²) >= 11 is 0. The molecule has 0 atom stereocenters. The second kappa shape index (κ2) is 6.52. The molecule has 19 heavy (non-hydrogen) atoms. The number of nitrogens with two attached hydrogens (primary N) is 1. The molecule has 1 fully saturated rings. The number of benzene rings is 1. The molecule has 2 amide bonds. The van der Waals surface area contributed by atoms with E-state index < -0.39 is 0 Å². The van der Waals surface area contributed by atoms with Crippen molar-refractivity contribution >= 4 is 11.7 Å². The number of carbonyl (C=O) groups is 1. The minimum absolute atomic E-state index is 0.117. The van der Waals surface area contributed by atoms with Crippen LogP contribution in [0, 0.1) is 5.82 Å². The second-order valence-corrected chi connectivity index (χ2v) is 4.94. The smallest absolute Gasteiger partial charge is 0.319 e. The molecule has 0 bridgehead atoms. The summed E-state index contributed by atoms with van der Waals surface area (Å²) in [6.45, 7) is 0.117. The van der Waals surface area contributed by atoms with Crippen molar-refractivity contribution < 1.29 is 9.18 Å². The van der Waals surface area contributed by atoms with Crippen LogP contribution in [0.4, 0.5) is 14.9 Å². The van der Waals surface area contributed by atoms with Gasteiger partial charge in [-0.05, 0) is 31.0 Å². The Morgan fingerprint density at radius 2 is 2.05 bits per heavy atom. The maximum absolute atomic E-state index is 13.3. The zero-order valence-electron chi connectivity index (χ0n) is 10.9. The highest BCUT2D eigenvalue weighted by Crippen LogP contribution is 2.18. The van der Waals surface area contributed by atoms with Crippen LogP contribution in [0.1, 0.15) is 37.7 Å². The van der Waals surface area contributed by atoms with E-state index in [2.05, 4.69) is 10.6 Å². The van der Waals surface area contributed by atoms with Crippen LogP contribution in [-0.4, -0.2) is 12.1 Å². The molecule has 0 heterocycles. The largest absolute Gasteiger partial charge is 0.335 e. The van der Waals surface area contributed by atoms with Crippen LogP contribution in [0.2, 0.25) is 0 Å². The molecular formula is C14H20FN3O. The van der Waals surface area contributed by atoms with Crippen molar-refractivity contribution in [2.75, 3.05) is 5.32 Å². The summed E-state index contributed by atoms with van der Waals surface area (Å²) in [6, 6.07) is 4.44. The second-order valence-electron chi connectivity index (χ2n) is 4.94. The Bertz CT molecular complexity index is 444. The minimum Gasteiger partial charge on any atom is -0.335 e. The first-order valence-electron chi connectivity index (χ1n) is 6.75. The van der Waals surface area contributed by atoms with E-state index >= 15 is 0 Å². The Hall–Kier alpha value is -1.62. The van der Waals surface area contributed by atoms with Crippen LogP contribution >= 0.6 is 0 Å². The monoisotopic (exact) mass is 265 g/mol. The van der Waals surface area contributed by atoms with Gasteiger partial charge in [-0.2, -0.15) is 0 Å². The van der Waals surface area contributed by atoms with Crippen molar-refractivity contribution in [1.82, 2.24) is 5.32 Å². The topological polar surface area (TPSA) is 67.1 Å². The van der Waals surface area contributed by atoms with Crippen LogP contribution in [0.5, 0.6) is 0 Å². The van der Waals surface area contributed by atoms with Crippen LogP contribution in [-0.2, 0) is 6.54 Å². The molecule has 0 aromatic heterocycles. The zero-order valence-corrected chi connectivity index (χ0v) is 10.9. The number of rotatable bonds is 3. The molecule has 2 rings (SSSR count). The maximum atomic E-state index is 13.3. The molecule has 1 aliphatic rings. The lowest BCUT2D eigenvalue weighted by Crippen LogP contribution is -2.39. The van der Waals surface area contributed by atoms with Gasteiger partial charge in [0.15, 0.2) is 0 Å². The van der Waals surface area contributed by atoms with E-state index in [1.165, 1.54) is 31.4 Å². The summed E-state index contributed by atoms with van der Waals surface area (Å²) in [4.78, 5) is 11.8. The molecule has 1 aromatic carbocycles. The first-order valence-corrected chi connectivity index (χ1v) is 6.75. The third-order valence-electron chi connectivity index (χ3n) is 3.46. The predicted molar refractivity (Wildman–Crippen MR) is 73.3 cm³/mol. The van der Waals surface area contributed by atoms with Crippen LogP contribution in [0.15, 0.2) is 18.2 Å². The average Bonchev–Trinajstić information content (AvgIpc) is 2.42. The highest BCUT2D eigenvalue weighted by molar-refractivity contribution is 5.89. The fourth-order valence-corrected chi connectivity index (χ4v) is 2.41. The highest BCUT2D eigenvalue weighted by Gasteiger charge is 2.15. The molecule has 1 aliphatic carbocycles. The Balaban J connectivity index is 1.90. The molecule has 4 N–H and O–H groups in total. The summed E-state index contributed by atoms with van der Waals surface area (Å²) in [5, 5.41) is 5.66. The summed E-state index contributed by atoms with van der Waals surface area (Å²) < 4.78 is 13.3. The molecule has 5 heteroatoms. The number of amides is 2. The highest BCUT2D eigenvalue weighted by atomic mass is 19.1. The van der Waals surface area contributed by atoms with Gasteiger partial charge in [0.2, 0.25) is 0 Å². The van der Waals surface area contributed by atoms with Crippen molar-refractivity contribution in [2.45, 2.75) is 44.7 Å². The lowest BCUT2D eigenvalue weighted by Gasteiger charge is -2.22. The van der Waals surface area contributed by atoms with Crippen LogP contribution < -0.4 is 16.4 Å². The third-order valence-corrected chi connectivity index (χ3v) is 3.46. The molecule has 0 spiro atoms. The normalized spacial score (nSPS) is 16.1. The first kappa shape index (κ1) is 13.8. The molecular weight excluding hydrogens is 245 g/mol. The van der Waals surface area contributed by atoms with Crippen LogP contribution in [0.3, 0.4) is 0 Å². The SMILES string of the molecule is NCc1cc(NC(=O)NC2CCCCC2)ccc1F. The molecule has 0 radical (unpaired) electrons. The minimum atomic E-state index is -0.347. The van der Waals surface area contributed by atoms with E-state index in [4.69, 9.17) is 5.73 Å². The lowest BCUT2D eigenvalue weighted by molar-refractivity contribution is 0.244. The average molecular weight is 265 g/mol. The standard InChI is InChI=1S/C14H20FN3O/c15-13-7-6-12(8-10(13)9-16)18-14(19)17-11-4-2-1-3-5-11/h6-8,11H,1-5,9,16H2,(H2,17,18,19). The number of hydrogen-bond acceptors (Lipinski definition) is 2. The van der Waals surface area contributed by atoms with Gasteiger partial charge < -0.3 is 16.4 Å². The number of nitrogens with one attached hydrogen (secondary N) is 2. The van der Waals surface area contributed by atoms with Gasteiger partial charge in [0.05, 0.1) is 0 Å². The summed E-state index contributed by atoms with van der Waals surface area (Å²) in [5.41, 5.74) is 6.39. The van der Waals surface area contributed by atoms with Gasteiger partial charge in [-0.15, -0.1) is 0 Å². The molecule has 1 aromatic rings.